The maximum Gasteiger partial charge on any atom is 0.00693 e. The van der Waals surface area contributed by atoms with Gasteiger partial charge in [0.1, 0.15) is 0 Å². The normalized spacial score (nSPS) is 26.6. The summed E-state index contributed by atoms with van der Waals surface area (Å²) in [7, 11) is 2.09. The molecule has 1 fully saturated rings. The molecule has 1 aliphatic rings. The van der Waals surface area contributed by atoms with Crippen LogP contribution in [0, 0.1) is 11.8 Å². The van der Waals surface area contributed by atoms with Gasteiger partial charge >= 0.3 is 0 Å². The summed E-state index contributed by atoms with van der Waals surface area (Å²) in [6.45, 7) is 4.64. The molecule has 0 aliphatic heterocycles. The van der Waals surface area contributed by atoms with Crippen LogP contribution in [0.5, 0.6) is 0 Å². The van der Waals surface area contributed by atoms with E-state index in [0.29, 0.717) is 0 Å². The topological polar surface area (TPSA) is 12.0 Å². The van der Waals surface area contributed by atoms with Gasteiger partial charge in [0, 0.05) is 6.04 Å². The molecule has 0 saturated heterocycles. The number of rotatable bonds is 7. The van der Waals surface area contributed by atoms with Gasteiger partial charge in [0.05, 0.1) is 0 Å². The molecular formula is C13H27N. The van der Waals surface area contributed by atoms with E-state index in [4.69, 9.17) is 0 Å². The molecule has 0 atom stereocenters. The summed E-state index contributed by atoms with van der Waals surface area (Å²) in [5.41, 5.74) is 0. The average molecular weight is 197 g/mol. The molecule has 84 valence electrons. The minimum atomic E-state index is 0.837. The summed E-state index contributed by atoms with van der Waals surface area (Å²) in [5, 5.41) is 3.37. The van der Waals surface area contributed by atoms with Crippen LogP contribution in [0.1, 0.15) is 58.8 Å². The highest BCUT2D eigenvalue weighted by atomic mass is 14.9. The lowest BCUT2D eigenvalue weighted by atomic mass is 9.74. The Morgan fingerprint density at radius 1 is 1.14 bits per heavy atom. The lowest BCUT2D eigenvalue weighted by Crippen LogP contribution is -2.39. The first-order valence-corrected chi connectivity index (χ1v) is 6.47. The van der Waals surface area contributed by atoms with Crippen LogP contribution >= 0.6 is 0 Å². The van der Waals surface area contributed by atoms with Gasteiger partial charge in [-0.15, -0.1) is 0 Å². The summed E-state index contributed by atoms with van der Waals surface area (Å²) in [6, 6.07) is 0.837. The Morgan fingerprint density at radius 3 is 2.14 bits per heavy atom. The molecule has 1 aliphatic carbocycles. The number of hydrogen-bond donors (Lipinski definition) is 1. The van der Waals surface area contributed by atoms with Gasteiger partial charge in [-0.3, -0.25) is 0 Å². The lowest BCUT2D eigenvalue weighted by molar-refractivity contribution is 0.183. The quantitative estimate of drug-likeness (QED) is 0.657. The van der Waals surface area contributed by atoms with Gasteiger partial charge in [-0.25, -0.2) is 0 Å². The summed E-state index contributed by atoms with van der Waals surface area (Å²) >= 11 is 0. The highest BCUT2D eigenvalue weighted by Crippen LogP contribution is 2.35. The monoisotopic (exact) mass is 197 g/mol. The largest absolute Gasteiger partial charge is 0.317 e. The third-order valence-electron chi connectivity index (χ3n) is 3.70. The molecule has 0 aromatic carbocycles. The van der Waals surface area contributed by atoms with E-state index in [9.17, 15) is 0 Å². The Hall–Kier alpha value is -0.0400. The van der Waals surface area contributed by atoms with Gasteiger partial charge < -0.3 is 5.32 Å². The first-order chi connectivity index (χ1) is 6.80. The molecule has 1 N–H and O–H groups in total. The highest BCUT2D eigenvalue weighted by molar-refractivity contribution is 4.85. The van der Waals surface area contributed by atoms with Crippen molar-refractivity contribution in [1.82, 2.24) is 5.32 Å². The first kappa shape index (κ1) is 12.0. The molecular weight excluding hydrogens is 170 g/mol. The molecule has 1 saturated carbocycles. The van der Waals surface area contributed by atoms with Crippen molar-refractivity contribution >= 4 is 0 Å². The summed E-state index contributed by atoms with van der Waals surface area (Å²) in [4.78, 5) is 0. The zero-order valence-electron chi connectivity index (χ0n) is 10.2. The van der Waals surface area contributed by atoms with Crippen molar-refractivity contribution in [2.24, 2.45) is 11.8 Å². The Balaban J connectivity index is 2.13. The zero-order chi connectivity index (χ0) is 10.4. The van der Waals surface area contributed by atoms with E-state index in [2.05, 4.69) is 26.2 Å². The van der Waals surface area contributed by atoms with Crippen LogP contribution in [0.25, 0.3) is 0 Å². The minimum Gasteiger partial charge on any atom is -0.317 e. The Kier molecular flexibility index (Phi) is 5.54. The maximum absolute atomic E-state index is 3.37. The predicted molar refractivity (Wildman–Crippen MR) is 63.5 cm³/mol. The van der Waals surface area contributed by atoms with Crippen LogP contribution in [0.15, 0.2) is 0 Å². The van der Waals surface area contributed by atoms with E-state index in [0.717, 1.165) is 17.9 Å². The van der Waals surface area contributed by atoms with Crippen molar-refractivity contribution in [3.05, 3.63) is 0 Å². The average Bonchev–Trinajstić information content (AvgIpc) is 2.11. The number of hydrogen-bond acceptors (Lipinski definition) is 1. The van der Waals surface area contributed by atoms with Crippen molar-refractivity contribution in [3.8, 4) is 0 Å². The van der Waals surface area contributed by atoms with E-state index in [1.54, 1.807) is 0 Å². The summed E-state index contributed by atoms with van der Waals surface area (Å²) < 4.78 is 0. The van der Waals surface area contributed by atoms with Crippen LogP contribution in [0.3, 0.4) is 0 Å². The fourth-order valence-corrected chi connectivity index (χ4v) is 2.83. The smallest absolute Gasteiger partial charge is 0.00693 e. The van der Waals surface area contributed by atoms with Crippen molar-refractivity contribution in [2.75, 3.05) is 7.05 Å². The number of nitrogens with one attached hydrogen (secondary N) is 1. The van der Waals surface area contributed by atoms with Crippen molar-refractivity contribution in [2.45, 2.75) is 64.8 Å². The molecule has 1 heteroatoms. The van der Waals surface area contributed by atoms with Gasteiger partial charge in [-0.1, -0.05) is 39.5 Å². The Labute approximate surface area is 89.7 Å². The summed E-state index contributed by atoms with van der Waals surface area (Å²) in [5.74, 6) is 2.06. The van der Waals surface area contributed by atoms with E-state index in [1.165, 1.54) is 44.9 Å². The standard InChI is InChI=1S/C13H27N/c1-4-6-11(7-5-2)8-12-9-13(10-12)14-3/h11-14H,4-10H2,1-3H3. The van der Waals surface area contributed by atoms with E-state index >= 15 is 0 Å². The second-order valence-corrected chi connectivity index (χ2v) is 5.00. The molecule has 0 aromatic rings. The van der Waals surface area contributed by atoms with Gasteiger partial charge in [0.15, 0.2) is 0 Å². The predicted octanol–water partition coefficient (Wildman–Crippen LogP) is 3.59. The fourth-order valence-electron chi connectivity index (χ4n) is 2.83. The molecule has 0 amide bonds. The van der Waals surface area contributed by atoms with Gasteiger partial charge in [-0.2, -0.15) is 0 Å². The minimum absolute atomic E-state index is 0.837. The lowest BCUT2D eigenvalue weighted by Gasteiger charge is -2.37. The molecule has 0 radical (unpaired) electrons. The molecule has 0 aromatic heterocycles. The second kappa shape index (κ2) is 6.44. The fraction of sp³-hybridized carbons (Fsp3) is 1.00. The van der Waals surface area contributed by atoms with Crippen LogP contribution in [-0.2, 0) is 0 Å². The van der Waals surface area contributed by atoms with Crippen molar-refractivity contribution in [1.29, 1.82) is 0 Å². The van der Waals surface area contributed by atoms with Crippen LogP contribution < -0.4 is 5.32 Å². The zero-order valence-corrected chi connectivity index (χ0v) is 10.2. The second-order valence-electron chi connectivity index (χ2n) is 5.00. The molecule has 0 unspecified atom stereocenters. The van der Waals surface area contributed by atoms with E-state index < -0.39 is 0 Å². The van der Waals surface area contributed by atoms with Gasteiger partial charge in [-0.05, 0) is 38.1 Å². The van der Waals surface area contributed by atoms with Crippen molar-refractivity contribution in [3.63, 3.8) is 0 Å². The van der Waals surface area contributed by atoms with Crippen LogP contribution in [0.4, 0.5) is 0 Å². The first-order valence-electron chi connectivity index (χ1n) is 6.47. The molecule has 1 rings (SSSR count). The molecule has 0 spiro atoms. The summed E-state index contributed by atoms with van der Waals surface area (Å²) in [6.07, 6.45) is 10.0. The van der Waals surface area contributed by atoms with Gasteiger partial charge in [0.2, 0.25) is 0 Å². The molecule has 0 bridgehead atoms. The van der Waals surface area contributed by atoms with E-state index in [-0.39, 0.29) is 0 Å². The van der Waals surface area contributed by atoms with Crippen LogP contribution in [-0.4, -0.2) is 13.1 Å². The highest BCUT2D eigenvalue weighted by Gasteiger charge is 2.29. The maximum atomic E-state index is 3.37. The third-order valence-corrected chi connectivity index (χ3v) is 3.70. The van der Waals surface area contributed by atoms with Gasteiger partial charge in [0.25, 0.3) is 0 Å². The molecule has 0 heterocycles. The molecule has 1 nitrogen and oxygen atoms in total. The SMILES string of the molecule is CCCC(CCC)CC1CC(NC)C1. The molecule has 14 heavy (non-hydrogen) atoms. The Bertz CT molecular complexity index is 132. The third kappa shape index (κ3) is 3.61. The van der Waals surface area contributed by atoms with Crippen LogP contribution in [0.2, 0.25) is 0 Å². The Morgan fingerprint density at radius 2 is 1.71 bits per heavy atom. The van der Waals surface area contributed by atoms with Crippen molar-refractivity contribution < 1.29 is 0 Å². The van der Waals surface area contributed by atoms with E-state index in [1.807, 2.05) is 0 Å².